The lowest BCUT2D eigenvalue weighted by atomic mass is 10.2. The summed E-state index contributed by atoms with van der Waals surface area (Å²) in [6.07, 6.45) is -0.0228. The van der Waals surface area contributed by atoms with Crippen molar-refractivity contribution >= 4 is 40.9 Å². The first-order valence-corrected chi connectivity index (χ1v) is 9.86. The third-order valence-corrected chi connectivity index (χ3v) is 4.98. The summed E-state index contributed by atoms with van der Waals surface area (Å²) >= 11 is 7.16. The summed E-state index contributed by atoms with van der Waals surface area (Å²) in [7, 11) is 0. The molecule has 2 amide bonds. The van der Waals surface area contributed by atoms with Crippen molar-refractivity contribution in [2.24, 2.45) is 5.73 Å². The molecule has 150 valence electrons. The van der Waals surface area contributed by atoms with E-state index in [1.54, 1.807) is 24.3 Å². The summed E-state index contributed by atoms with van der Waals surface area (Å²) in [4.78, 5) is 25.2. The number of carbonyl (C=O) groups excluding carboxylic acids is 2. The second-order valence-electron chi connectivity index (χ2n) is 5.88. The zero-order valence-corrected chi connectivity index (χ0v) is 16.6. The van der Waals surface area contributed by atoms with Gasteiger partial charge in [-0.3, -0.25) is 9.59 Å². The molecule has 0 bridgehead atoms. The van der Waals surface area contributed by atoms with Gasteiger partial charge in [0.25, 0.3) is 5.22 Å². The van der Waals surface area contributed by atoms with Crippen LogP contribution >= 0.6 is 23.4 Å². The van der Waals surface area contributed by atoms with Gasteiger partial charge in [0.1, 0.15) is 5.82 Å². The van der Waals surface area contributed by atoms with E-state index < -0.39 is 11.7 Å². The number of thioether (sulfide) groups is 1. The van der Waals surface area contributed by atoms with E-state index in [9.17, 15) is 14.0 Å². The number of aromatic nitrogens is 2. The summed E-state index contributed by atoms with van der Waals surface area (Å²) in [6, 6.07) is 12.4. The molecule has 1 aromatic heterocycles. The molecule has 0 unspecified atom stereocenters. The number of amides is 2. The first-order valence-electron chi connectivity index (χ1n) is 8.49. The lowest BCUT2D eigenvalue weighted by Crippen LogP contribution is -2.35. The maximum Gasteiger partial charge on any atom is 0.277 e. The molecule has 29 heavy (non-hydrogen) atoms. The van der Waals surface area contributed by atoms with Crippen LogP contribution in [0.25, 0.3) is 11.5 Å². The van der Waals surface area contributed by atoms with Gasteiger partial charge in [0.2, 0.25) is 17.7 Å². The molecule has 0 saturated carbocycles. The van der Waals surface area contributed by atoms with Crippen LogP contribution in [0.15, 0.2) is 58.2 Å². The van der Waals surface area contributed by atoms with Crippen LogP contribution in [0.1, 0.15) is 6.42 Å². The second-order valence-corrected chi connectivity index (χ2v) is 7.21. The first kappa shape index (κ1) is 20.8. The van der Waals surface area contributed by atoms with Crippen molar-refractivity contribution in [1.82, 2.24) is 10.2 Å². The first-order chi connectivity index (χ1) is 13.9. The van der Waals surface area contributed by atoms with Crippen molar-refractivity contribution in [3.05, 3.63) is 59.4 Å². The summed E-state index contributed by atoms with van der Waals surface area (Å²) in [5.41, 5.74) is 6.24. The topological polar surface area (TPSA) is 102 Å². The molecule has 0 fully saturated rings. The lowest BCUT2D eigenvalue weighted by molar-refractivity contribution is -0.118. The highest BCUT2D eigenvalue weighted by Crippen LogP contribution is 2.29. The van der Waals surface area contributed by atoms with Gasteiger partial charge in [0.05, 0.1) is 16.3 Å². The molecule has 7 nitrogen and oxygen atoms in total. The van der Waals surface area contributed by atoms with E-state index in [1.807, 2.05) is 0 Å². The smallest absolute Gasteiger partial charge is 0.277 e. The molecule has 0 saturated heterocycles. The minimum atomic E-state index is -0.543. The Kier molecular flexibility index (Phi) is 6.84. The summed E-state index contributed by atoms with van der Waals surface area (Å²) in [6.45, 7) is 0.0784. The number of benzene rings is 2. The number of halogens is 2. The highest BCUT2D eigenvalue weighted by Gasteiger charge is 2.19. The maximum absolute atomic E-state index is 13.2. The molecule has 1 heterocycles. The van der Waals surface area contributed by atoms with Gasteiger partial charge in [-0.2, -0.15) is 0 Å². The van der Waals surface area contributed by atoms with Crippen LogP contribution in [0.3, 0.4) is 0 Å². The normalized spacial score (nSPS) is 10.7. The average Bonchev–Trinajstić information content (AvgIpc) is 3.17. The van der Waals surface area contributed by atoms with Crippen molar-refractivity contribution in [2.75, 3.05) is 17.2 Å². The molecular formula is C19H16ClFN4O3S. The monoisotopic (exact) mass is 434 g/mol. The maximum atomic E-state index is 13.2. The van der Waals surface area contributed by atoms with Crippen molar-refractivity contribution < 1.29 is 18.4 Å². The van der Waals surface area contributed by atoms with Crippen molar-refractivity contribution in [2.45, 2.75) is 11.6 Å². The molecule has 0 spiro atoms. The SMILES string of the molecule is NC(=O)CCN(C(=O)CSc1nnc(-c2ccccc2Cl)o1)c1ccc(F)cc1. The van der Waals surface area contributed by atoms with Gasteiger partial charge >= 0.3 is 0 Å². The van der Waals surface area contributed by atoms with Crippen LogP contribution in [-0.2, 0) is 9.59 Å². The number of hydrogen-bond donors (Lipinski definition) is 1. The van der Waals surface area contributed by atoms with Crippen LogP contribution in [0.2, 0.25) is 5.02 Å². The highest BCUT2D eigenvalue weighted by molar-refractivity contribution is 7.99. The molecule has 10 heteroatoms. The quantitative estimate of drug-likeness (QED) is 0.544. The number of carbonyl (C=O) groups is 2. The average molecular weight is 435 g/mol. The molecule has 0 aliphatic carbocycles. The van der Waals surface area contributed by atoms with Gasteiger partial charge in [0, 0.05) is 18.7 Å². The standard InChI is InChI=1S/C19H16ClFN4O3S/c20-15-4-2-1-3-14(15)18-23-24-19(28-18)29-11-17(27)25(10-9-16(22)26)13-7-5-12(21)6-8-13/h1-8H,9-11H2,(H2,22,26). The fourth-order valence-electron chi connectivity index (χ4n) is 2.45. The third kappa shape index (κ3) is 5.55. The molecule has 3 rings (SSSR count). The molecule has 2 aromatic carbocycles. The third-order valence-electron chi connectivity index (χ3n) is 3.85. The van der Waals surface area contributed by atoms with E-state index in [1.165, 1.54) is 29.2 Å². The van der Waals surface area contributed by atoms with E-state index in [4.69, 9.17) is 21.8 Å². The van der Waals surface area contributed by atoms with Gasteiger partial charge in [-0.05, 0) is 36.4 Å². The second kappa shape index (κ2) is 9.53. The van der Waals surface area contributed by atoms with E-state index in [0.717, 1.165) is 11.8 Å². The van der Waals surface area contributed by atoms with Gasteiger partial charge in [0.15, 0.2) is 0 Å². The van der Waals surface area contributed by atoms with E-state index in [2.05, 4.69) is 10.2 Å². The summed E-state index contributed by atoms with van der Waals surface area (Å²) in [5, 5.41) is 8.53. The number of anilines is 1. The van der Waals surface area contributed by atoms with E-state index >= 15 is 0 Å². The molecule has 0 radical (unpaired) electrons. The zero-order chi connectivity index (χ0) is 20.8. The number of rotatable bonds is 8. The molecule has 0 aliphatic rings. The van der Waals surface area contributed by atoms with Crippen molar-refractivity contribution in [1.29, 1.82) is 0 Å². The number of nitrogens with zero attached hydrogens (tertiary/aromatic N) is 3. The zero-order valence-electron chi connectivity index (χ0n) is 15.0. The van der Waals surface area contributed by atoms with Gasteiger partial charge in [-0.25, -0.2) is 4.39 Å². The van der Waals surface area contributed by atoms with Crippen LogP contribution in [0.5, 0.6) is 0 Å². The van der Waals surface area contributed by atoms with Crippen LogP contribution in [0.4, 0.5) is 10.1 Å². The van der Waals surface area contributed by atoms with Crippen LogP contribution in [-0.4, -0.2) is 34.3 Å². The Morgan fingerprint density at radius 3 is 2.55 bits per heavy atom. The largest absolute Gasteiger partial charge is 0.411 e. The number of nitrogens with two attached hydrogens (primary N) is 1. The highest BCUT2D eigenvalue weighted by atomic mass is 35.5. The minimum absolute atomic E-state index is 0.0228. The molecule has 2 N–H and O–H groups in total. The van der Waals surface area contributed by atoms with Gasteiger partial charge < -0.3 is 15.1 Å². The van der Waals surface area contributed by atoms with Crippen LogP contribution in [0, 0.1) is 5.82 Å². The van der Waals surface area contributed by atoms with Crippen LogP contribution < -0.4 is 10.6 Å². The Labute approximate surface area is 175 Å². The summed E-state index contributed by atoms with van der Waals surface area (Å²) < 4.78 is 18.7. The number of hydrogen-bond acceptors (Lipinski definition) is 6. The fraction of sp³-hybridized carbons (Fsp3) is 0.158. The Hall–Kier alpha value is -2.91. The lowest BCUT2D eigenvalue weighted by Gasteiger charge is -2.22. The fourth-order valence-corrected chi connectivity index (χ4v) is 3.31. The van der Waals surface area contributed by atoms with Crippen molar-refractivity contribution in [3.63, 3.8) is 0 Å². The molecular weight excluding hydrogens is 419 g/mol. The number of primary amides is 1. The van der Waals surface area contributed by atoms with Gasteiger partial charge in [-0.1, -0.05) is 35.5 Å². The molecule has 0 aliphatic heterocycles. The molecule has 3 aromatic rings. The predicted octanol–water partition coefficient (Wildman–Crippen LogP) is 3.53. The minimum Gasteiger partial charge on any atom is -0.411 e. The van der Waals surface area contributed by atoms with Crippen molar-refractivity contribution in [3.8, 4) is 11.5 Å². The Bertz CT molecular complexity index is 1010. The Balaban J connectivity index is 1.69. The molecule has 0 atom stereocenters. The predicted molar refractivity (Wildman–Crippen MR) is 108 cm³/mol. The van der Waals surface area contributed by atoms with E-state index in [0.29, 0.717) is 16.3 Å². The van der Waals surface area contributed by atoms with Gasteiger partial charge in [-0.15, -0.1) is 10.2 Å². The van der Waals surface area contributed by atoms with E-state index in [-0.39, 0.29) is 35.7 Å². The summed E-state index contributed by atoms with van der Waals surface area (Å²) in [5.74, 6) is -1.07. The Morgan fingerprint density at radius 2 is 1.86 bits per heavy atom. The Morgan fingerprint density at radius 1 is 1.14 bits per heavy atom.